The van der Waals surface area contributed by atoms with Crippen molar-refractivity contribution in [3.05, 3.63) is 46.1 Å². The number of hydrogen-bond donors (Lipinski definition) is 2. The second-order valence-corrected chi connectivity index (χ2v) is 5.79. The maximum atomic E-state index is 13.1. The van der Waals surface area contributed by atoms with E-state index in [0.717, 1.165) is 10.4 Å². The minimum Gasteiger partial charge on any atom is -0.465 e. The van der Waals surface area contributed by atoms with Crippen molar-refractivity contribution in [3.63, 3.8) is 0 Å². The lowest BCUT2D eigenvalue weighted by Crippen LogP contribution is -2.20. The first-order valence-electron chi connectivity index (χ1n) is 6.44. The number of aryl methyl sites for hydroxylation is 1. The van der Waals surface area contributed by atoms with E-state index >= 15 is 0 Å². The van der Waals surface area contributed by atoms with Crippen molar-refractivity contribution in [2.75, 3.05) is 17.7 Å². The molecule has 1 aromatic heterocycles. The largest absolute Gasteiger partial charge is 0.465 e. The first-order valence-corrected chi connectivity index (χ1v) is 7.26. The van der Waals surface area contributed by atoms with Gasteiger partial charge in [-0.05, 0) is 37.6 Å². The monoisotopic (exact) mass is 322 g/mol. The van der Waals surface area contributed by atoms with Crippen LogP contribution in [0.3, 0.4) is 0 Å². The first kappa shape index (κ1) is 16.0. The summed E-state index contributed by atoms with van der Waals surface area (Å²) in [7, 11) is 1.28. The van der Waals surface area contributed by atoms with Gasteiger partial charge >= 0.3 is 12.0 Å². The minimum absolute atomic E-state index is 0.321. The normalized spacial score (nSPS) is 10.2. The van der Waals surface area contributed by atoms with Crippen molar-refractivity contribution in [1.29, 1.82) is 0 Å². The number of benzene rings is 1. The summed E-state index contributed by atoms with van der Waals surface area (Å²) < 4.78 is 17.8. The Morgan fingerprint density at radius 1 is 1.23 bits per heavy atom. The Kier molecular flexibility index (Phi) is 4.77. The SMILES string of the molecule is COC(=O)c1c(NC(=O)Nc2cccc(F)c2)sc(C)c1C. The molecule has 5 nitrogen and oxygen atoms in total. The number of amides is 2. The molecule has 0 aliphatic rings. The smallest absolute Gasteiger partial charge is 0.341 e. The lowest BCUT2D eigenvalue weighted by atomic mass is 10.1. The van der Waals surface area contributed by atoms with E-state index in [1.54, 1.807) is 13.0 Å². The highest BCUT2D eigenvalue weighted by molar-refractivity contribution is 7.16. The van der Waals surface area contributed by atoms with E-state index in [4.69, 9.17) is 4.74 Å². The molecule has 7 heteroatoms. The molecule has 0 aliphatic heterocycles. The molecule has 2 rings (SSSR count). The van der Waals surface area contributed by atoms with Crippen LogP contribution in [0.25, 0.3) is 0 Å². The number of carbonyl (C=O) groups is 2. The second kappa shape index (κ2) is 6.57. The molecular formula is C15H15FN2O3S. The molecule has 0 unspecified atom stereocenters. The molecule has 0 saturated heterocycles. The minimum atomic E-state index is -0.558. The van der Waals surface area contributed by atoms with Gasteiger partial charge in [-0.25, -0.2) is 14.0 Å². The number of anilines is 2. The number of thiophene rings is 1. The van der Waals surface area contributed by atoms with Gasteiger partial charge in [-0.15, -0.1) is 11.3 Å². The van der Waals surface area contributed by atoms with Crippen LogP contribution in [0.1, 0.15) is 20.8 Å². The van der Waals surface area contributed by atoms with E-state index in [9.17, 15) is 14.0 Å². The zero-order chi connectivity index (χ0) is 16.3. The number of rotatable bonds is 3. The Bertz CT molecular complexity index is 728. The lowest BCUT2D eigenvalue weighted by Gasteiger charge is -2.08. The Morgan fingerprint density at radius 2 is 1.95 bits per heavy atom. The van der Waals surface area contributed by atoms with Crippen LogP contribution < -0.4 is 10.6 Å². The summed E-state index contributed by atoms with van der Waals surface area (Å²) in [6, 6.07) is 4.98. The van der Waals surface area contributed by atoms with E-state index < -0.39 is 17.8 Å². The number of urea groups is 1. The van der Waals surface area contributed by atoms with Gasteiger partial charge in [0.25, 0.3) is 0 Å². The molecule has 0 spiro atoms. The van der Waals surface area contributed by atoms with Crippen molar-refractivity contribution < 1.29 is 18.7 Å². The second-order valence-electron chi connectivity index (χ2n) is 4.57. The summed E-state index contributed by atoms with van der Waals surface area (Å²) in [5.41, 5.74) is 1.42. The molecule has 2 aromatic rings. The predicted molar refractivity (Wildman–Crippen MR) is 84.2 cm³/mol. The highest BCUT2D eigenvalue weighted by atomic mass is 32.1. The highest BCUT2D eigenvalue weighted by Gasteiger charge is 2.21. The molecule has 116 valence electrons. The van der Waals surface area contributed by atoms with E-state index in [2.05, 4.69) is 10.6 Å². The van der Waals surface area contributed by atoms with Gasteiger partial charge in [-0.2, -0.15) is 0 Å². The number of halogens is 1. The number of nitrogens with one attached hydrogen (secondary N) is 2. The molecular weight excluding hydrogens is 307 g/mol. The fourth-order valence-electron chi connectivity index (χ4n) is 1.89. The van der Waals surface area contributed by atoms with Gasteiger partial charge in [0.15, 0.2) is 0 Å². The van der Waals surface area contributed by atoms with Crippen LogP contribution in [0.4, 0.5) is 19.9 Å². The molecule has 22 heavy (non-hydrogen) atoms. The number of ether oxygens (including phenoxy) is 1. The van der Waals surface area contributed by atoms with Gasteiger partial charge < -0.3 is 10.1 Å². The standard InChI is InChI=1S/C15H15FN2O3S/c1-8-9(2)22-13(12(8)14(19)21-3)18-15(20)17-11-6-4-5-10(16)7-11/h4-7H,1-3H3,(H2,17,18,20). The summed E-state index contributed by atoms with van der Waals surface area (Å²) in [4.78, 5) is 24.7. The van der Waals surface area contributed by atoms with E-state index in [1.807, 2.05) is 6.92 Å². The summed E-state index contributed by atoms with van der Waals surface area (Å²) in [6.45, 7) is 3.63. The zero-order valence-corrected chi connectivity index (χ0v) is 13.1. The summed E-state index contributed by atoms with van der Waals surface area (Å²) in [5, 5.41) is 5.51. The average molecular weight is 322 g/mol. The van der Waals surface area contributed by atoms with Crippen molar-refractivity contribution in [2.24, 2.45) is 0 Å². The van der Waals surface area contributed by atoms with Crippen LogP contribution in [0, 0.1) is 19.7 Å². The molecule has 0 saturated carbocycles. The third-order valence-electron chi connectivity index (χ3n) is 3.08. The first-order chi connectivity index (χ1) is 10.4. The van der Waals surface area contributed by atoms with Crippen LogP contribution in [-0.4, -0.2) is 19.1 Å². The van der Waals surface area contributed by atoms with Crippen molar-refractivity contribution in [2.45, 2.75) is 13.8 Å². The van der Waals surface area contributed by atoms with Gasteiger partial charge in [0.2, 0.25) is 0 Å². The molecule has 1 heterocycles. The number of hydrogen-bond acceptors (Lipinski definition) is 4. The average Bonchev–Trinajstić information content (AvgIpc) is 2.72. The van der Waals surface area contributed by atoms with E-state index in [-0.39, 0.29) is 0 Å². The lowest BCUT2D eigenvalue weighted by molar-refractivity contribution is 0.0601. The van der Waals surface area contributed by atoms with Crippen molar-refractivity contribution in [1.82, 2.24) is 0 Å². The number of esters is 1. The number of methoxy groups -OCH3 is 1. The highest BCUT2D eigenvalue weighted by Crippen LogP contribution is 2.33. The fraction of sp³-hybridized carbons (Fsp3) is 0.200. The van der Waals surface area contributed by atoms with Crippen LogP contribution in [-0.2, 0) is 4.74 Å². The van der Waals surface area contributed by atoms with Crippen LogP contribution >= 0.6 is 11.3 Å². The van der Waals surface area contributed by atoms with Crippen molar-refractivity contribution >= 4 is 34.0 Å². The molecule has 0 fully saturated rings. The van der Waals surface area contributed by atoms with Crippen LogP contribution in [0.2, 0.25) is 0 Å². The number of carbonyl (C=O) groups excluding carboxylic acids is 2. The predicted octanol–water partition coefficient (Wildman–Crippen LogP) is 3.93. The van der Waals surface area contributed by atoms with E-state index in [1.165, 1.54) is 36.6 Å². The Hall–Kier alpha value is -2.41. The fourth-order valence-corrected chi connectivity index (χ4v) is 2.94. The summed E-state index contributed by atoms with van der Waals surface area (Å²) in [6.07, 6.45) is 0. The molecule has 2 amide bonds. The van der Waals surface area contributed by atoms with Crippen LogP contribution in [0.5, 0.6) is 0 Å². The van der Waals surface area contributed by atoms with Gasteiger partial charge in [0.05, 0.1) is 12.7 Å². The van der Waals surface area contributed by atoms with Gasteiger partial charge in [-0.3, -0.25) is 5.32 Å². The third kappa shape index (κ3) is 3.43. The Labute approximate surface area is 131 Å². The topological polar surface area (TPSA) is 67.4 Å². The molecule has 2 N–H and O–H groups in total. The quantitative estimate of drug-likeness (QED) is 0.841. The summed E-state index contributed by atoms with van der Waals surface area (Å²) in [5.74, 6) is -0.959. The molecule has 0 aliphatic carbocycles. The maximum absolute atomic E-state index is 13.1. The van der Waals surface area contributed by atoms with Gasteiger partial charge in [0.1, 0.15) is 10.8 Å². The van der Waals surface area contributed by atoms with Crippen molar-refractivity contribution in [3.8, 4) is 0 Å². The summed E-state index contributed by atoms with van der Waals surface area (Å²) >= 11 is 1.28. The molecule has 0 atom stereocenters. The molecule has 1 aromatic carbocycles. The zero-order valence-electron chi connectivity index (χ0n) is 12.3. The third-order valence-corrected chi connectivity index (χ3v) is 4.21. The molecule has 0 bridgehead atoms. The maximum Gasteiger partial charge on any atom is 0.341 e. The van der Waals surface area contributed by atoms with E-state index in [0.29, 0.717) is 16.3 Å². The van der Waals surface area contributed by atoms with Crippen LogP contribution in [0.15, 0.2) is 24.3 Å². The Morgan fingerprint density at radius 3 is 2.59 bits per heavy atom. The van der Waals surface area contributed by atoms with Gasteiger partial charge in [0, 0.05) is 10.6 Å². The van der Waals surface area contributed by atoms with Gasteiger partial charge in [-0.1, -0.05) is 6.07 Å². The Balaban J connectivity index is 2.18. The molecule has 0 radical (unpaired) electrons.